The molecule has 3 aromatic heterocycles. The summed E-state index contributed by atoms with van der Waals surface area (Å²) in [4.78, 5) is 14.7. The minimum Gasteiger partial charge on any atom is -0.448 e. The molecule has 3 aromatic rings. The number of rotatable bonds is 4. The summed E-state index contributed by atoms with van der Waals surface area (Å²) in [5.41, 5.74) is 2.05. The average molecular weight is 228 g/mol. The van der Waals surface area contributed by atoms with Gasteiger partial charge in [0.05, 0.1) is 12.1 Å². The molecule has 0 atom stereocenters. The predicted molar refractivity (Wildman–Crippen MR) is 61.5 cm³/mol. The average Bonchev–Trinajstić information content (AvgIpc) is 3.02. The van der Waals surface area contributed by atoms with Crippen LogP contribution in [0, 0.1) is 0 Å². The van der Waals surface area contributed by atoms with E-state index >= 15 is 0 Å². The molecule has 0 aliphatic heterocycles. The summed E-state index contributed by atoms with van der Waals surface area (Å²) in [6.45, 7) is 0. The summed E-state index contributed by atoms with van der Waals surface area (Å²) in [6, 6.07) is 4.00. The van der Waals surface area contributed by atoms with Gasteiger partial charge in [0.15, 0.2) is 0 Å². The van der Waals surface area contributed by atoms with Crippen molar-refractivity contribution < 1.29 is 4.42 Å². The van der Waals surface area contributed by atoms with E-state index < -0.39 is 0 Å². The Kier molecular flexibility index (Phi) is 2.50. The van der Waals surface area contributed by atoms with Gasteiger partial charge < -0.3 is 14.4 Å². The van der Waals surface area contributed by atoms with Crippen LogP contribution in [0.25, 0.3) is 0 Å². The molecule has 0 aliphatic carbocycles. The van der Waals surface area contributed by atoms with E-state index in [-0.39, 0.29) is 0 Å². The Bertz CT molecular complexity index is 515. The van der Waals surface area contributed by atoms with E-state index in [4.69, 9.17) is 4.42 Å². The number of imidazole rings is 1. The van der Waals surface area contributed by atoms with Gasteiger partial charge in [-0.3, -0.25) is 0 Å². The highest BCUT2D eigenvalue weighted by molar-refractivity contribution is 5.13. The molecule has 5 nitrogen and oxygen atoms in total. The smallest absolute Gasteiger partial charge is 0.201 e. The second-order valence-corrected chi connectivity index (χ2v) is 3.82. The lowest BCUT2D eigenvalue weighted by Gasteiger charge is -1.91. The van der Waals surface area contributed by atoms with E-state index in [1.54, 1.807) is 18.7 Å². The van der Waals surface area contributed by atoms with Gasteiger partial charge in [-0.2, -0.15) is 0 Å². The lowest BCUT2D eigenvalue weighted by Crippen LogP contribution is -1.93. The van der Waals surface area contributed by atoms with E-state index in [2.05, 4.69) is 19.9 Å². The number of oxazole rings is 1. The van der Waals surface area contributed by atoms with E-state index in [1.165, 1.54) is 0 Å². The van der Waals surface area contributed by atoms with Crippen molar-refractivity contribution in [3.05, 3.63) is 60.1 Å². The van der Waals surface area contributed by atoms with Crippen molar-refractivity contribution in [2.24, 2.45) is 0 Å². The Labute approximate surface area is 97.9 Å². The SMILES string of the molecule is c1c[nH]c(Cc2coc(Cc3ncc[nH]3)n2)c1. The molecule has 5 heteroatoms. The molecule has 2 N–H and O–H groups in total. The van der Waals surface area contributed by atoms with Crippen LogP contribution in [0.2, 0.25) is 0 Å². The Hall–Kier alpha value is -2.30. The third kappa shape index (κ3) is 2.28. The van der Waals surface area contributed by atoms with Crippen LogP contribution in [0.5, 0.6) is 0 Å². The molecule has 17 heavy (non-hydrogen) atoms. The molecule has 86 valence electrons. The standard InChI is InChI=1S/C12H12N4O/c1-2-9(13-3-1)6-10-8-17-12(16-10)7-11-14-4-5-15-11/h1-5,8,13H,6-7H2,(H,14,15). The molecule has 3 heterocycles. The second-order valence-electron chi connectivity index (χ2n) is 3.82. The molecule has 0 bridgehead atoms. The predicted octanol–water partition coefficient (Wildman–Crippen LogP) is 1.91. The van der Waals surface area contributed by atoms with Crippen LogP contribution in [0.3, 0.4) is 0 Å². The Morgan fingerprint density at radius 2 is 2.18 bits per heavy atom. The summed E-state index contributed by atoms with van der Waals surface area (Å²) >= 11 is 0. The first-order chi connectivity index (χ1) is 8.40. The van der Waals surface area contributed by atoms with Crippen molar-refractivity contribution in [1.82, 2.24) is 19.9 Å². The van der Waals surface area contributed by atoms with Gasteiger partial charge in [-0.05, 0) is 12.1 Å². The molecule has 0 aromatic carbocycles. The molecule has 0 unspecified atom stereocenters. The molecular weight excluding hydrogens is 216 g/mol. The maximum Gasteiger partial charge on any atom is 0.201 e. The van der Waals surface area contributed by atoms with E-state index in [0.29, 0.717) is 12.3 Å². The molecule has 3 rings (SSSR count). The van der Waals surface area contributed by atoms with E-state index in [1.807, 2.05) is 18.3 Å². The first-order valence-corrected chi connectivity index (χ1v) is 5.44. The summed E-state index contributed by atoms with van der Waals surface area (Å²) in [7, 11) is 0. The van der Waals surface area contributed by atoms with Crippen LogP contribution in [-0.2, 0) is 12.8 Å². The van der Waals surface area contributed by atoms with Crippen molar-refractivity contribution in [3.63, 3.8) is 0 Å². The highest BCUT2D eigenvalue weighted by Crippen LogP contribution is 2.10. The number of nitrogens with zero attached hydrogens (tertiary/aromatic N) is 2. The van der Waals surface area contributed by atoms with Crippen molar-refractivity contribution >= 4 is 0 Å². The fourth-order valence-corrected chi connectivity index (χ4v) is 1.72. The number of nitrogens with one attached hydrogen (secondary N) is 2. The Morgan fingerprint density at radius 1 is 1.18 bits per heavy atom. The van der Waals surface area contributed by atoms with Gasteiger partial charge in [0, 0.05) is 30.7 Å². The largest absolute Gasteiger partial charge is 0.448 e. The fourth-order valence-electron chi connectivity index (χ4n) is 1.72. The Morgan fingerprint density at radius 3 is 2.94 bits per heavy atom. The van der Waals surface area contributed by atoms with E-state index in [0.717, 1.165) is 23.6 Å². The number of H-pyrrole nitrogens is 2. The van der Waals surface area contributed by atoms with Crippen LogP contribution in [0.15, 0.2) is 41.4 Å². The summed E-state index contributed by atoms with van der Waals surface area (Å²) in [5, 5.41) is 0. The number of hydrogen-bond acceptors (Lipinski definition) is 3. The van der Waals surface area contributed by atoms with E-state index in [9.17, 15) is 0 Å². The van der Waals surface area contributed by atoms with Crippen molar-refractivity contribution in [1.29, 1.82) is 0 Å². The van der Waals surface area contributed by atoms with Crippen LogP contribution < -0.4 is 0 Å². The molecule has 0 aliphatic rings. The van der Waals surface area contributed by atoms with Gasteiger partial charge in [-0.25, -0.2) is 9.97 Å². The van der Waals surface area contributed by atoms with Crippen LogP contribution >= 0.6 is 0 Å². The van der Waals surface area contributed by atoms with Gasteiger partial charge >= 0.3 is 0 Å². The zero-order valence-electron chi connectivity index (χ0n) is 9.18. The van der Waals surface area contributed by atoms with Crippen LogP contribution in [-0.4, -0.2) is 19.9 Å². The van der Waals surface area contributed by atoms with Crippen molar-refractivity contribution in [2.75, 3.05) is 0 Å². The number of hydrogen-bond donors (Lipinski definition) is 2. The Balaban J connectivity index is 1.70. The molecule has 0 saturated heterocycles. The highest BCUT2D eigenvalue weighted by Gasteiger charge is 2.07. The summed E-state index contributed by atoms with van der Waals surface area (Å²) < 4.78 is 5.40. The minimum atomic E-state index is 0.595. The zero-order chi connectivity index (χ0) is 11.5. The minimum absolute atomic E-state index is 0.595. The van der Waals surface area contributed by atoms with Gasteiger partial charge in [0.1, 0.15) is 12.1 Å². The van der Waals surface area contributed by atoms with Gasteiger partial charge in [-0.1, -0.05) is 0 Å². The van der Waals surface area contributed by atoms with Gasteiger partial charge in [0.25, 0.3) is 0 Å². The zero-order valence-corrected chi connectivity index (χ0v) is 9.18. The van der Waals surface area contributed by atoms with Crippen LogP contribution in [0.4, 0.5) is 0 Å². The molecule has 0 spiro atoms. The fraction of sp³-hybridized carbons (Fsp3) is 0.167. The second kappa shape index (κ2) is 4.29. The third-order valence-corrected chi connectivity index (χ3v) is 2.51. The van der Waals surface area contributed by atoms with Gasteiger partial charge in [-0.15, -0.1) is 0 Å². The normalized spacial score (nSPS) is 10.8. The first kappa shape index (κ1) is 9.89. The highest BCUT2D eigenvalue weighted by atomic mass is 16.3. The monoisotopic (exact) mass is 228 g/mol. The summed E-state index contributed by atoms with van der Waals surface area (Å²) in [5.74, 6) is 1.54. The molecular formula is C12H12N4O. The first-order valence-electron chi connectivity index (χ1n) is 5.44. The summed E-state index contributed by atoms with van der Waals surface area (Å²) in [6.07, 6.45) is 8.46. The number of aromatic nitrogens is 4. The van der Waals surface area contributed by atoms with Crippen LogP contribution in [0.1, 0.15) is 23.1 Å². The molecule has 0 fully saturated rings. The molecule has 0 saturated carbocycles. The third-order valence-electron chi connectivity index (χ3n) is 2.51. The lowest BCUT2D eigenvalue weighted by molar-refractivity contribution is 0.503. The van der Waals surface area contributed by atoms with Crippen molar-refractivity contribution in [3.8, 4) is 0 Å². The van der Waals surface area contributed by atoms with Crippen molar-refractivity contribution in [2.45, 2.75) is 12.8 Å². The molecule has 0 radical (unpaired) electrons. The maximum absolute atomic E-state index is 5.40. The van der Waals surface area contributed by atoms with Gasteiger partial charge in [0.2, 0.25) is 5.89 Å². The molecule has 0 amide bonds. The number of aromatic amines is 2. The lowest BCUT2D eigenvalue weighted by atomic mass is 10.2. The topological polar surface area (TPSA) is 70.5 Å². The quantitative estimate of drug-likeness (QED) is 0.716. The maximum atomic E-state index is 5.40.